The van der Waals surface area contributed by atoms with Crippen molar-refractivity contribution < 1.29 is 10.2 Å². The van der Waals surface area contributed by atoms with Crippen LogP contribution in [-0.4, -0.2) is 28.3 Å². The number of halogens is 1. The fourth-order valence-corrected chi connectivity index (χ4v) is 3.87. The highest BCUT2D eigenvalue weighted by molar-refractivity contribution is 6.17. The van der Waals surface area contributed by atoms with Crippen molar-refractivity contribution in [3.63, 3.8) is 0 Å². The van der Waals surface area contributed by atoms with Gasteiger partial charge in [-0.1, -0.05) is 90.2 Å². The van der Waals surface area contributed by atoms with Crippen molar-refractivity contribution >= 4 is 11.6 Å². The molecule has 2 unspecified atom stereocenters. The Kier molecular flexibility index (Phi) is 20.6. The van der Waals surface area contributed by atoms with Crippen LogP contribution in [0.15, 0.2) is 12.2 Å². The first-order valence-corrected chi connectivity index (χ1v) is 12.3. The Labute approximate surface area is 174 Å². The van der Waals surface area contributed by atoms with Crippen molar-refractivity contribution in [3.05, 3.63) is 12.2 Å². The molecule has 2 atom stereocenters. The minimum Gasteiger partial charge on any atom is -0.393 e. The predicted octanol–water partition coefficient (Wildman–Crippen LogP) is 7.40. The topological polar surface area (TPSA) is 40.5 Å². The quantitative estimate of drug-likeness (QED) is 0.126. The third kappa shape index (κ3) is 16.6. The molecule has 0 fully saturated rings. The van der Waals surface area contributed by atoms with Gasteiger partial charge in [-0.25, -0.2) is 0 Å². The van der Waals surface area contributed by atoms with E-state index in [0.717, 1.165) is 51.4 Å². The zero-order valence-electron chi connectivity index (χ0n) is 18.2. The summed E-state index contributed by atoms with van der Waals surface area (Å²) in [5, 5.41) is 21.3. The average molecular weight is 403 g/mol. The Morgan fingerprint density at radius 3 is 1.67 bits per heavy atom. The molecule has 0 aliphatic heterocycles. The summed E-state index contributed by atoms with van der Waals surface area (Å²) in [5.41, 5.74) is 0. The van der Waals surface area contributed by atoms with Gasteiger partial charge in [-0.05, 0) is 38.5 Å². The molecule has 0 heterocycles. The SMILES string of the molecule is CCCCCC(O)C(CCCCCCC/C=C/CCCl)C(O)CCCCC. The van der Waals surface area contributed by atoms with Gasteiger partial charge in [-0.15, -0.1) is 11.6 Å². The van der Waals surface area contributed by atoms with Gasteiger partial charge in [-0.2, -0.15) is 0 Å². The van der Waals surface area contributed by atoms with Crippen LogP contribution in [0.3, 0.4) is 0 Å². The fraction of sp³-hybridized carbons (Fsp3) is 0.917. The zero-order chi connectivity index (χ0) is 20.2. The summed E-state index contributed by atoms with van der Waals surface area (Å²) in [5.74, 6) is 0.781. The molecule has 0 spiro atoms. The second kappa shape index (κ2) is 20.7. The first-order chi connectivity index (χ1) is 13.2. The molecule has 2 N–H and O–H groups in total. The third-order valence-electron chi connectivity index (χ3n) is 5.55. The predicted molar refractivity (Wildman–Crippen MR) is 121 cm³/mol. The van der Waals surface area contributed by atoms with E-state index in [0.29, 0.717) is 5.88 Å². The molecule has 0 aromatic carbocycles. The van der Waals surface area contributed by atoms with E-state index in [1.165, 1.54) is 51.4 Å². The summed E-state index contributed by atoms with van der Waals surface area (Å²) in [6.45, 7) is 4.38. The number of alkyl halides is 1. The van der Waals surface area contributed by atoms with Crippen molar-refractivity contribution in [1.29, 1.82) is 0 Å². The van der Waals surface area contributed by atoms with E-state index < -0.39 is 0 Å². The van der Waals surface area contributed by atoms with Gasteiger partial charge in [0.1, 0.15) is 0 Å². The van der Waals surface area contributed by atoms with Crippen LogP contribution in [0.25, 0.3) is 0 Å². The van der Waals surface area contributed by atoms with E-state index in [1.54, 1.807) is 0 Å². The maximum atomic E-state index is 10.6. The number of allylic oxidation sites excluding steroid dienone is 2. The molecule has 162 valence electrons. The highest BCUT2D eigenvalue weighted by atomic mass is 35.5. The molecule has 0 rings (SSSR count). The summed E-state index contributed by atoms with van der Waals surface area (Å²) in [4.78, 5) is 0. The average Bonchev–Trinajstić information content (AvgIpc) is 2.66. The normalized spacial score (nSPS) is 15.3. The van der Waals surface area contributed by atoms with Crippen LogP contribution in [0.1, 0.15) is 117 Å². The molecule has 0 aliphatic carbocycles. The van der Waals surface area contributed by atoms with Crippen molar-refractivity contribution in [2.45, 2.75) is 129 Å². The van der Waals surface area contributed by atoms with E-state index >= 15 is 0 Å². The summed E-state index contributed by atoms with van der Waals surface area (Å²) in [6.07, 6.45) is 21.5. The maximum absolute atomic E-state index is 10.6. The van der Waals surface area contributed by atoms with Crippen molar-refractivity contribution in [3.8, 4) is 0 Å². The lowest BCUT2D eigenvalue weighted by Gasteiger charge is -2.28. The van der Waals surface area contributed by atoms with Crippen LogP contribution in [-0.2, 0) is 0 Å². The van der Waals surface area contributed by atoms with Gasteiger partial charge in [-0.3, -0.25) is 0 Å². The monoisotopic (exact) mass is 402 g/mol. The molecular formula is C24H47ClO2. The van der Waals surface area contributed by atoms with E-state index in [1.807, 2.05) is 0 Å². The largest absolute Gasteiger partial charge is 0.393 e. The van der Waals surface area contributed by atoms with Crippen LogP contribution >= 0.6 is 11.6 Å². The number of rotatable bonds is 20. The Morgan fingerprint density at radius 2 is 1.11 bits per heavy atom. The highest BCUT2D eigenvalue weighted by Crippen LogP contribution is 2.25. The molecule has 0 amide bonds. The molecule has 3 heteroatoms. The lowest BCUT2D eigenvalue weighted by molar-refractivity contribution is -0.00316. The van der Waals surface area contributed by atoms with Gasteiger partial charge in [0, 0.05) is 11.8 Å². The van der Waals surface area contributed by atoms with Crippen LogP contribution < -0.4 is 0 Å². The van der Waals surface area contributed by atoms with E-state index in [2.05, 4.69) is 26.0 Å². The summed E-state index contributed by atoms with van der Waals surface area (Å²) >= 11 is 5.65. The van der Waals surface area contributed by atoms with Crippen LogP contribution in [0, 0.1) is 5.92 Å². The minimum atomic E-state index is -0.333. The second-order valence-corrected chi connectivity index (χ2v) is 8.46. The molecule has 0 saturated heterocycles. The molecule has 0 aromatic heterocycles. The fourth-order valence-electron chi connectivity index (χ4n) is 3.75. The Bertz CT molecular complexity index is 304. The third-order valence-corrected chi connectivity index (χ3v) is 5.76. The molecule has 27 heavy (non-hydrogen) atoms. The molecule has 0 saturated carbocycles. The Morgan fingerprint density at radius 1 is 0.630 bits per heavy atom. The van der Waals surface area contributed by atoms with Gasteiger partial charge >= 0.3 is 0 Å². The van der Waals surface area contributed by atoms with E-state index in [-0.39, 0.29) is 18.1 Å². The van der Waals surface area contributed by atoms with Crippen LogP contribution in [0.4, 0.5) is 0 Å². The summed E-state index contributed by atoms with van der Waals surface area (Å²) in [7, 11) is 0. The Balaban J connectivity index is 4.07. The van der Waals surface area contributed by atoms with Gasteiger partial charge < -0.3 is 10.2 Å². The number of hydrogen-bond acceptors (Lipinski definition) is 2. The standard InChI is InChI=1S/C24H47ClO2/c1-3-5-14-19-23(26)22(24(27)20-15-6-4-2)18-16-12-10-8-7-9-11-13-17-21-25/h11,13,22-24,26-27H,3-10,12,14-21H2,1-2H3/b13-11+. The lowest BCUT2D eigenvalue weighted by atomic mass is 9.85. The van der Waals surface area contributed by atoms with Gasteiger partial charge in [0.2, 0.25) is 0 Å². The van der Waals surface area contributed by atoms with Crippen LogP contribution in [0.2, 0.25) is 0 Å². The van der Waals surface area contributed by atoms with Crippen molar-refractivity contribution in [1.82, 2.24) is 0 Å². The van der Waals surface area contributed by atoms with Gasteiger partial charge in [0.05, 0.1) is 12.2 Å². The molecular weight excluding hydrogens is 356 g/mol. The van der Waals surface area contributed by atoms with Gasteiger partial charge in [0.25, 0.3) is 0 Å². The number of aliphatic hydroxyl groups excluding tert-OH is 2. The van der Waals surface area contributed by atoms with E-state index in [4.69, 9.17) is 11.6 Å². The molecule has 0 radical (unpaired) electrons. The molecule has 0 aliphatic rings. The molecule has 2 nitrogen and oxygen atoms in total. The summed E-state index contributed by atoms with van der Waals surface area (Å²) in [6, 6.07) is 0. The first kappa shape index (κ1) is 27.0. The second-order valence-electron chi connectivity index (χ2n) is 8.08. The number of hydrogen-bond donors (Lipinski definition) is 2. The number of aliphatic hydroxyl groups is 2. The maximum Gasteiger partial charge on any atom is 0.0593 e. The van der Waals surface area contributed by atoms with Crippen molar-refractivity contribution in [2.24, 2.45) is 5.92 Å². The van der Waals surface area contributed by atoms with E-state index in [9.17, 15) is 10.2 Å². The Hall–Kier alpha value is -0.0500. The number of unbranched alkanes of at least 4 members (excludes halogenated alkanes) is 9. The highest BCUT2D eigenvalue weighted by Gasteiger charge is 2.25. The zero-order valence-corrected chi connectivity index (χ0v) is 18.9. The lowest BCUT2D eigenvalue weighted by Crippen LogP contribution is -2.32. The minimum absolute atomic E-state index is 0.0669. The van der Waals surface area contributed by atoms with Crippen LogP contribution in [0.5, 0.6) is 0 Å². The first-order valence-electron chi connectivity index (χ1n) is 11.7. The van der Waals surface area contributed by atoms with Crippen molar-refractivity contribution in [2.75, 3.05) is 5.88 Å². The van der Waals surface area contributed by atoms with Gasteiger partial charge in [0.15, 0.2) is 0 Å². The molecule has 0 aromatic rings. The smallest absolute Gasteiger partial charge is 0.0593 e. The summed E-state index contributed by atoms with van der Waals surface area (Å²) < 4.78 is 0. The molecule has 0 bridgehead atoms.